The molecule has 0 aromatic heterocycles. The fraction of sp³-hybridized carbons (Fsp3) is 0.444. The quantitative estimate of drug-likeness (QED) is 0.588. The molecule has 2 rings (SSSR count). The number of fused-ring (bicyclic) bond motifs is 1. The molecule has 2 aromatic carbocycles. The van der Waals surface area contributed by atoms with Crippen molar-refractivity contribution in [3.05, 3.63) is 42.5 Å². The van der Waals surface area contributed by atoms with Gasteiger partial charge in [0.05, 0.1) is 6.10 Å². The SMILES string of the molecule is CCCCCC(CC)Oc1ccc2ccccc2c1. The minimum absolute atomic E-state index is 0.354. The van der Waals surface area contributed by atoms with Crippen molar-refractivity contribution in [3.63, 3.8) is 0 Å². The smallest absolute Gasteiger partial charge is 0.120 e. The third kappa shape index (κ3) is 3.99. The fourth-order valence-corrected chi connectivity index (χ4v) is 2.40. The molecule has 0 spiro atoms. The number of benzene rings is 2. The van der Waals surface area contributed by atoms with Gasteiger partial charge in [-0.15, -0.1) is 0 Å². The van der Waals surface area contributed by atoms with Crippen LogP contribution in [0.4, 0.5) is 0 Å². The third-order valence-electron chi connectivity index (χ3n) is 3.61. The van der Waals surface area contributed by atoms with Gasteiger partial charge < -0.3 is 4.74 Å². The van der Waals surface area contributed by atoms with Gasteiger partial charge in [-0.3, -0.25) is 0 Å². The van der Waals surface area contributed by atoms with Gasteiger partial charge in [0.2, 0.25) is 0 Å². The second-order valence-corrected chi connectivity index (χ2v) is 5.15. The van der Waals surface area contributed by atoms with E-state index in [1.807, 2.05) is 0 Å². The molecule has 0 aliphatic rings. The Bertz CT molecular complexity index is 504. The van der Waals surface area contributed by atoms with Crippen LogP contribution in [0, 0.1) is 0 Å². The average molecular weight is 256 g/mol. The normalized spacial score (nSPS) is 12.5. The fourth-order valence-electron chi connectivity index (χ4n) is 2.40. The maximum atomic E-state index is 6.12. The molecule has 0 bridgehead atoms. The maximum Gasteiger partial charge on any atom is 0.120 e. The van der Waals surface area contributed by atoms with Crippen LogP contribution in [-0.2, 0) is 0 Å². The van der Waals surface area contributed by atoms with Crippen LogP contribution in [-0.4, -0.2) is 6.10 Å². The van der Waals surface area contributed by atoms with E-state index < -0.39 is 0 Å². The molecule has 0 N–H and O–H groups in total. The second kappa shape index (κ2) is 7.18. The molecule has 0 heterocycles. The molecule has 0 saturated heterocycles. The zero-order valence-corrected chi connectivity index (χ0v) is 12.1. The summed E-state index contributed by atoms with van der Waals surface area (Å²) in [5.74, 6) is 1.00. The molecule has 1 atom stereocenters. The predicted molar refractivity (Wildman–Crippen MR) is 82.8 cm³/mol. The molecule has 1 unspecified atom stereocenters. The Balaban J connectivity index is 2.02. The summed E-state index contributed by atoms with van der Waals surface area (Å²) in [6.45, 7) is 4.45. The average Bonchev–Trinajstić information content (AvgIpc) is 2.46. The van der Waals surface area contributed by atoms with E-state index in [1.165, 1.54) is 30.0 Å². The number of unbranched alkanes of at least 4 members (excludes halogenated alkanes) is 2. The molecule has 0 aliphatic heterocycles. The molecule has 0 fully saturated rings. The summed E-state index contributed by atoms with van der Waals surface area (Å²) in [6.07, 6.45) is 6.44. The maximum absolute atomic E-state index is 6.12. The lowest BCUT2D eigenvalue weighted by Gasteiger charge is -2.17. The van der Waals surface area contributed by atoms with E-state index in [0.29, 0.717) is 6.10 Å². The molecule has 0 aliphatic carbocycles. The number of rotatable bonds is 7. The number of hydrogen-bond acceptors (Lipinski definition) is 1. The first-order chi connectivity index (χ1) is 9.33. The van der Waals surface area contributed by atoms with Crippen LogP contribution in [0.25, 0.3) is 10.8 Å². The van der Waals surface area contributed by atoms with E-state index in [2.05, 4.69) is 56.3 Å². The molecule has 1 nitrogen and oxygen atoms in total. The molecule has 0 radical (unpaired) electrons. The summed E-state index contributed by atoms with van der Waals surface area (Å²) in [5, 5.41) is 2.53. The van der Waals surface area contributed by atoms with Crippen LogP contribution in [0.1, 0.15) is 46.0 Å². The van der Waals surface area contributed by atoms with Gasteiger partial charge in [-0.05, 0) is 42.2 Å². The number of ether oxygens (including phenoxy) is 1. The summed E-state index contributed by atoms with van der Waals surface area (Å²) in [6, 6.07) is 14.8. The summed E-state index contributed by atoms with van der Waals surface area (Å²) < 4.78 is 6.12. The Morgan fingerprint density at radius 2 is 1.74 bits per heavy atom. The highest BCUT2D eigenvalue weighted by Gasteiger charge is 2.08. The van der Waals surface area contributed by atoms with E-state index in [4.69, 9.17) is 4.74 Å². The van der Waals surface area contributed by atoms with Crippen LogP contribution >= 0.6 is 0 Å². The monoisotopic (exact) mass is 256 g/mol. The van der Waals surface area contributed by atoms with Crippen molar-refractivity contribution in [2.24, 2.45) is 0 Å². The van der Waals surface area contributed by atoms with E-state index in [-0.39, 0.29) is 0 Å². The zero-order valence-electron chi connectivity index (χ0n) is 12.1. The van der Waals surface area contributed by atoms with Crippen LogP contribution in [0.5, 0.6) is 5.75 Å². The van der Waals surface area contributed by atoms with E-state index in [1.54, 1.807) is 0 Å². The topological polar surface area (TPSA) is 9.23 Å². The summed E-state index contributed by atoms with van der Waals surface area (Å²) in [4.78, 5) is 0. The predicted octanol–water partition coefficient (Wildman–Crippen LogP) is 5.58. The van der Waals surface area contributed by atoms with Gasteiger partial charge in [-0.1, -0.05) is 57.0 Å². The van der Waals surface area contributed by atoms with Gasteiger partial charge in [-0.2, -0.15) is 0 Å². The first kappa shape index (κ1) is 13.9. The Morgan fingerprint density at radius 3 is 2.47 bits per heavy atom. The largest absolute Gasteiger partial charge is 0.490 e. The van der Waals surface area contributed by atoms with Crippen molar-refractivity contribution in [2.75, 3.05) is 0 Å². The highest BCUT2D eigenvalue weighted by molar-refractivity contribution is 5.83. The molecule has 2 aromatic rings. The molecule has 19 heavy (non-hydrogen) atoms. The Kier molecular flexibility index (Phi) is 5.26. The lowest BCUT2D eigenvalue weighted by molar-refractivity contribution is 0.183. The highest BCUT2D eigenvalue weighted by Crippen LogP contribution is 2.23. The highest BCUT2D eigenvalue weighted by atomic mass is 16.5. The minimum atomic E-state index is 0.354. The van der Waals surface area contributed by atoms with E-state index >= 15 is 0 Å². The minimum Gasteiger partial charge on any atom is -0.490 e. The molecule has 0 saturated carbocycles. The van der Waals surface area contributed by atoms with Crippen molar-refractivity contribution >= 4 is 10.8 Å². The lowest BCUT2D eigenvalue weighted by atomic mass is 10.1. The van der Waals surface area contributed by atoms with Crippen LogP contribution < -0.4 is 4.74 Å². The van der Waals surface area contributed by atoms with Crippen molar-refractivity contribution in [1.29, 1.82) is 0 Å². The first-order valence-corrected chi connectivity index (χ1v) is 7.49. The zero-order chi connectivity index (χ0) is 13.5. The van der Waals surface area contributed by atoms with Gasteiger partial charge >= 0.3 is 0 Å². The molecular formula is C18H24O. The van der Waals surface area contributed by atoms with Crippen molar-refractivity contribution < 1.29 is 4.74 Å². The lowest BCUT2D eigenvalue weighted by Crippen LogP contribution is -2.15. The standard InChI is InChI=1S/C18H24O/c1-3-5-6-11-17(4-2)19-18-13-12-15-9-7-8-10-16(15)14-18/h7-10,12-14,17H,3-6,11H2,1-2H3. The first-order valence-electron chi connectivity index (χ1n) is 7.49. The van der Waals surface area contributed by atoms with E-state index in [0.717, 1.165) is 18.6 Å². The van der Waals surface area contributed by atoms with E-state index in [9.17, 15) is 0 Å². The van der Waals surface area contributed by atoms with Crippen LogP contribution in [0.3, 0.4) is 0 Å². The second-order valence-electron chi connectivity index (χ2n) is 5.15. The summed E-state index contributed by atoms with van der Waals surface area (Å²) in [7, 11) is 0. The molecule has 1 heteroatoms. The van der Waals surface area contributed by atoms with Crippen LogP contribution in [0.2, 0.25) is 0 Å². The van der Waals surface area contributed by atoms with Gasteiger partial charge in [0.1, 0.15) is 5.75 Å². The van der Waals surface area contributed by atoms with Gasteiger partial charge in [-0.25, -0.2) is 0 Å². The molecular weight excluding hydrogens is 232 g/mol. The van der Waals surface area contributed by atoms with Gasteiger partial charge in [0.15, 0.2) is 0 Å². The van der Waals surface area contributed by atoms with Gasteiger partial charge in [0, 0.05) is 0 Å². The Hall–Kier alpha value is -1.50. The Labute approximate surface area is 116 Å². The van der Waals surface area contributed by atoms with Crippen molar-refractivity contribution in [3.8, 4) is 5.75 Å². The van der Waals surface area contributed by atoms with Crippen molar-refractivity contribution in [2.45, 2.75) is 52.1 Å². The number of hydrogen-bond donors (Lipinski definition) is 0. The molecule has 102 valence electrons. The summed E-state index contributed by atoms with van der Waals surface area (Å²) >= 11 is 0. The van der Waals surface area contributed by atoms with Crippen LogP contribution in [0.15, 0.2) is 42.5 Å². The van der Waals surface area contributed by atoms with Gasteiger partial charge in [0.25, 0.3) is 0 Å². The summed E-state index contributed by atoms with van der Waals surface area (Å²) in [5.41, 5.74) is 0. The molecule has 0 amide bonds. The van der Waals surface area contributed by atoms with Crippen molar-refractivity contribution in [1.82, 2.24) is 0 Å². The Morgan fingerprint density at radius 1 is 0.947 bits per heavy atom. The third-order valence-corrected chi connectivity index (χ3v) is 3.61.